The maximum absolute atomic E-state index is 12.5. The van der Waals surface area contributed by atoms with Crippen molar-refractivity contribution in [3.8, 4) is 5.69 Å². The zero-order valence-electron chi connectivity index (χ0n) is 14.4. The van der Waals surface area contributed by atoms with Crippen molar-refractivity contribution in [2.75, 3.05) is 6.54 Å². The average Bonchev–Trinajstić information content (AvgIpc) is 3.17. The first-order valence-electron chi connectivity index (χ1n) is 8.74. The molecule has 0 aliphatic heterocycles. The summed E-state index contributed by atoms with van der Waals surface area (Å²) >= 11 is 0. The van der Waals surface area contributed by atoms with Crippen molar-refractivity contribution in [2.24, 2.45) is 0 Å². The molecule has 1 aromatic heterocycles. The van der Waals surface area contributed by atoms with E-state index in [1.54, 1.807) is 0 Å². The fraction of sp³-hybridized carbons (Fsp3) is 0.474. The fourth-order valence-electron chi connectivity index (χ4n) is 3.26. The highest BCUT2D eigenvalue weighted by Crippen LogP contribution is 2.28. The number of nitrogens with one attached hydrogen (secondary N) is 1. The van der Waals surface area contributed by atoms with Crippen LogP contribution in [0.15, 0.2) is 24.3 Å². The Hall–Kier alpha value is -2.14. The number of aliphatic hydroxyl groups excluding tert-OH is 1. The summed E-state index contributed by atoms with van der Waals surface area (Å²) in [7, 11) is 0. The Morgan fingerprint density at radius 1 is 1.38 bits per heavy atom. The summed E-state index contributed by atoms with van der Waals surface area (Å²) < 4.78 is 1.94. The van der Waals surface area contributed by atoms with Crippen LogP contribution in [0.2, 0.25) is 0 Å². The predicted octanol–water partition coefficient (Wildman–Crippen LogP) is 2.56. The van der Waals surface area contributed by atoms with E-state index in [0.29, 0.717) is 25.1 Å². The fourth-order valence-corrected chi connectivity index (χ4v) is 3.26. The number of carbonyl (C=O) groups excluding carboxylic acids is 1. The van der Waals surface area contributed by atoms with Crippen LogP contribution in [0.3, 0.4) is 0 Å². The lowest BCUT2D eigenvalue weighted by Crippen LogP contribution is -2.28. The Balaban J connectivity index is 1.84. The first-order chi connectivity index (χ1) is 11.6. The van der Waals surface area contributed by atoms with Gasteiger partial charge < -0.3 is 10.4 Å². The lowest BCUT2D eigenvalue weighted by atomic mass is 10.1. The van der Waals surface area contributed by atoms with E-state index >= 15 is 0 Å². The van der Waals surface area contributed by atoms with Crippen molar-refractivity contribution in [1.29, 1.82) is 0 Å². The molecule has 1 aromatic carbocycles. The number of hydrogen-bond donors (Lipinski definition) is 2. The zero-order valence-corrected chi connectivity index (χ0v) is 14.4. The highest BCUT2D eigenvalue weighted by Gasteiger charge is 2.27. The lowest BCUT2D eigenvalue weighted by Gasteiger charge is -2.09. The number of aliphatic hydroxyl groups is 1. The Kier molecular flexibility index (Phi) is 5.00. The highest BCUT2D eigenvalue weighted by atomic mass is 16.3. The van der Waals surface area contributed by atoms with Crippen molar-refractivity contribution in [3.05, 3.63) is 46.8 Å². The second-order valence-electron chi connectivity index (χ2n) is 6.43. The van der Waals surface area contributed by atoms with Gasteiger partial charge in [-0.1, -0.05) is 25.1 Å². The van der Waals surface area contributed by atoms with Gasteiger partial charge in [-0.25, -0.2) is 4.68 Å². The van der Waals surface area contributed by atoms with E-state index < -0.39 is 0 Å². The van der Waals surface area contributed by atoms with Crippen LogP contribution in [0.4, 0.5) is 0 Å². The van der Waals surface area contributed by atoms with Gasteiger partial charge in [-0.2, -0.15) is 5.10 Å². The van der Waals surface area contributed by atoms with Crippen molar-refractivity contribution >= 4 is 5.91 Å². The summed E-state index contributed by atoms with van der Waals surface area (Å²) in [6, 6.07) is 8.11. The lowest BCUT2D eigenvalue weighted by molar-refractivity contribution is 0.0935. The molecule has 1 atom stereocenters. The Morgan fingerprint density at radius 3 is 2.92 bits per heavy atom. The molecule has 128 valence electrons. The summed E-state index contributed by atoms with van der Waals surface area (Å²) in [6.07, 6.45) is 3.84. The molecule has 0 radical (unpaired) electrons. The van der Waals surface area contributed by atoms with Crippen molar-refractivity contribution in [3.63, 3.8) is 0 Å². The summed E-state index contributed by atoms with van der Waals surface area (Å²) in [5, 5.41) is 17.1. The third kappa shape index (κ3) is 3.22. The third-order valence-electron chi connectivity index (χ3n) is 4.72. The number of para-hydroxylation sites is 1. The molecule has 1 amide bonds. The number of hydrogen-bond acceptors (Lipinski definition) is 3. The molecule has 1 unspecified atom stereocenters. The van der Waals surface area contributed by atoms with Gasteiger partial charge >= 0.3 is 0 Å². The molecule has 5 nitrogen and oxygen atoms in total. The number of aryl methyl sites for hydroxylation is 1. The van der Waals surface area contributed by atoms with E-state index in [1.807, 2.05) is 29.8 Å². The molecule has 0 bridgehead atoms. The second-order valence-corrected chi connectivity index (χ2v) is 6.43. The molecule has 3 rings (SSSR count). The van der Waals surface area contributed by atoms with Gasteiger partial charge in [0.25, 0.3) is 5.91 Å². The minimum absolute atomic E-state index is 0.135. The van der Waals surface area contributed by atoms with Crippen LogP contribution in [0.25, 0.3) is 5.69 Å². The number of nitrogens with zero attached hydrogens (tertiary/aromatic N) is 2. The maximum Gasteiger partial charge on any atom is 0.272 e. The van der Waals surface area contributed by atoms with Gasteiger partial charge in [0.2, 0.25) is 0 Å². The van der Waals surface area contributed by atoms with Crippen LogP contribution in [0.1, 0.15) is 53.5 Å². The standard InChI is InChI=1S/C19H25N3O2/c1-3-14(23)11-12-20-19(24)18-15-8-6-10-17(15)22(21-18)16-9-5-4-7-13(16)2/h4-5,7,9,14,23H,3,6,8,10-12H2,1-2H3,(H,20,24). The number of rotatable bonds is 6. The monoisotopic (exact) mass is 327 g/mol. The number of amides is 1. The first-order valence-corrected chi connectivity index (χ1v) is 8.74. The van der Waals surface area contributed by atoms with E-state index in [9.17, 15) is 9.90 Å². The molecular formula is C19H25N3O2. The smallest absolute Gasteiger partial charge is 0.272 e. The van der Waals surface area contributed by atoms with E-state index in [4.69, 9.17) is 0 Å². The van der Waals surface area contributed by atoms with Crippen molar-refractivity contribution < 1.29 is 9.90 Å². The van der Waals surface area contributed by atoms with Gasteiger partial charge in [0, 0.05) is 17.8 Å². The van der Waals surface area contributed by atoms with E-state index in [0.717, 1.165) is 41.8 Å². The molecular weight excluding hydrogens is 302 g/mol. The van der Waals surface area contributed by atoms with E-state index in [1.165, 1.54) is 0 Å². The molecule has 5 heteroatoms. The van der Waals surface area contributed by atoms with E-state index in [-0.39, 0.29) is 12.0 Å². The van der Waals surface area contributed by atoms with Crippen LogP contribution in [-0.4, -0.2) is 33.4 Å². The number of aromatic nitrogens is 2. The largest absolute Gasteiger partial charge is 0.393 e. The summed E-state index contributed by atoms with van der Waals surface area (Å²) in [4.78, 5) is 12.5. The molecule has 1 aliphatic carbocycles. The summed E-state index contributed by atoms with van der Waals surface area (Å²) in [5.74, 6) is -0.135. The molecule has 1 aliphatic rings. The zero-order chi connectivity index (χ0) is 17.1. The molecule has 0 fully saturated rings. The molecule has 0 saturated heterocycles. The van der Waals surface area contributed by atoms with Crippen LogP contribution in [0, 0.1) is 6.92 Å². The molecule has 0 saturated carbocycles. The Bertz CT molecular complexity index is 736. The minimum Gasteiger partial charge on any atom is -0.393 e. The SMILES string of the molecule is CCC(O)CCNC(=O)c1nn(-c2ccccc2C)c2c1CCC2. The van der Waals surface area contributed by atoms with Gasteiger partial charge in [-0.3, -0.25) is 4.79 Å². The van der Waals surface area contributed by atoms with Crippen molar-refractivity contribution in [1.82, 2.24) is 15.1 Å². The number of benzene rings is 1. The quantitative estimate of drug-likeness (QED) is 0.857. The van der Waals surface area contributed by atoms with Crippen LogP contribution in [-0.2, 0) is 12.8 Å². The Morgan fingerprint density at radius 2 is 2.17 bits per heavy atom. The predicted molar refractivity (Wildman–Crippen MR) is 93.6 cm³/mol. The van der Waals surface area contributed by atoms with Gasteiger partial charge in [-0.05, 0) is 50.7 Å². The topological polar surface area (TPSA) is 67.2 Å². The number of carbonyl (C=O) groups is 1. The molecule has 2 aromatic rings. The van der Waals surface area contributed by atoms with Crippen molar-refractivity contribution in [2.45, 2.75) is 52.1 Å². The third-order valence-corrected chi connectivity index (χ3v) is 4.72. The number of fused-ring (bicyclic) bond motifs is 1. The average molecular weight is 327 g/mol. The van der Waals surface area contributed by atoms with Crippen LogP contribution in [0.5, 0.6) is 0 Å². The summed E-state index contributed by atoms with van der Waals surface area (Å²) in [6.45, 7) is 4.47. The highest BCUT2D eigenvalue weighted by molar-refractivity contribution is 5.94. The second kappa shape index (κ2) is 7.18. The van der Waals surface area contributed by atoms with Gasteiger partial charge in [-0.15, -0.1) is 0 Å². The van der Waals surface area contributed by atoms with Crippen LogP contribution >= 0.6 is 0 Å². The van der Waals surface area contributed by atoms with Crippen LogP contribution < -0.4 is 5.32 Å². The van der Waals surface area contributed by atoms with Gasteiger partial charge in [0.1, 0.15) is 0 Å². The van der Waals surface area contributed by atoms with E-state index in [2.05, 4.69) is 23.4 Å². The molecule has 24 heavy (non-hydrogen) atoms. The minimum atomic E-state index is -0.361. The maximum atomic E-state index is 12.5. The first kappa shape index (κ1) is 16.7. The molecule has 2 N–H and O–H groups in total. The molecule has 0 spiro atoms. The Labute approximate surface area is 142 Å². The molecule has 1 heterocycles. The van der Waals surface area contributed by atoms with Gasteiger partial charge in [0.05, 0.1) is 11.8 Å². The van der Waals surface area contributed by atoms with Gasteiger partial charge in [0.15, 0.2) is 5.69 Å². The normalized spacial score (nSPS) is 14.5. The summed E-state index contributed by atoms with van der Waals surface area (Å²) in [5.41, 5.74) is 4.95.